The number of aryl methyl sites for hydroxylation is 2. The van der Waals surface area contributed by atoms with Gasteiger partial charge in [-0.1, -0.05) is 138 Å². The molecule has 0 unspecified atom stereocenters. The van der Waals surface area contributed by atoms with E-state index in [2.05, 4.69) is 152 Å². The highest BCUT2D eigenvalue weighted by molar-refractivity contribution is 5.93. The minimum Gasteiger partial charge on any atom is -0.379 e. The van der Waals surface area contributed by atoms with Crippen LogP contribution in [0.15, 0.2) is 97.1 Å². The average molecular weight is 779 g/mol. The second-order valence-corrected chi connectivity index (χ2v) is 18.6. The van der Waals surface area contributed by atoms with Crippen molar-refractivity contribution in [3.05, 3.63) is 153 Å². The molecule has 306 valence electrons. The molecule has 0 bridgehead atoms. The molecule has 0 amide bonds. The van der Waals surface area contributed by atoms with Gasteiger partial charge in [-0.2, -0.15) is 0 Å². The molecular formula is C54H66O4. The summed E-state index contributed by atoms with van der Waals surface area (Å²) in [6.45, 7) is 27.4. The Morgan fingerprint density at radius 3 is 1.26 bits per heavy atom. The first-order chi connectivity index (χ1) is 27.8. The molecule has 0 saturated heterocycles. The molecule has 58 heavy (non-hydrogen) atoms. The fraction of sp³-hybridized carbons (Fsp3) is 0.444. The van der Waals surface area contributed by atoms with Crippen molar-refractivity contribution in [2.75, 3.05) is 52.9 Å². The summed E-state index contributed by atoms with van der Waals surface area (Å²) in [6, 6.07) is 38.5. The lowest BCUT2D eigenvalue weighted by atomic mass is 9.66. The van der Waals surface area contributed by atoms with Crippen molar-refractivity contribution in [1.29, 1.82) is 0 Å². The molecular weight excluding hydrogens is 713 g/mol. The first-order valence-corrected chi connectivity index (χ1v) is 21.7. The fourth-order valence-corrected chi connectivity index (χ4v) is 9.65. The SMILES string of the molecule is CCOCCOCCC1(CCOCCOCC)c2cc(C)ccc2-c2cc3c(cc21)-c1ccc(C)cc1C3(c1ccc(C(C)(C)C)cc1)c1ccc(C(C)(C)C)cc1. The highest BCUT2D eigenvalue weighted by Gasteiger charge is 2.50. The molecule has 7 rings (SSSR count). The molecule has 0 heterocycles. The molecule has 4 heteroatoms. The van der Waals surface area contributed by atoms with E-state index in [0.29, 0.717) is 52.9 Å². The topological polar surface area (TPSA) is 36.9 Å². The van der Waals surface area contributed by atoms with Crippen LogP contribution < -0.4 is 0 Å². The number of rotatable bonds is 16. The first-order valence-electron chi connectivity index (χ1n) is 21.7. The second kappa shape index (κ2) is 16.9. The predicted octanol–water partition coefficient (Wildman–Crippen LogP) is 12.4. The van der Waals surface area contributed by atoms with Crippen LogP contribution in [0, 0.1) is 13.8 Å². The van der Waals surface area contributed by atoms with Crippen molar-refractivity contribution in [3.63, 3.8) is 0 Å². The summed E-state index contributed by atoms with van der Waals surface area (Å²) in [6.07, 6.45) is 1.70. The molecule has 0 N–H and O–H groups in total. The Bertz CT molecular complexity index is 2120. The van der Waals surface area contributed by atoms with Crippen LogP contribution in [0.4, 0.5) is 0 Å². The molecule has 0 aromatic heterocycles. The zero-order valence-corrected chi connectivity index (χ0v) is 36.9. The van der Waals surface area contributed by atoms with Crippen molar-refractivity contribution < 1.29 is 18.9 Å². The van der Waals surface area contributed by atoms with Crippen molar-refractivity contribution in [2.24, 2.45) is 0 Å². The quantitative estimate of drug-likeness (QED) is 0.0917. The van der Waals surface area contributed by atoms with Gasteiger partial charge in [0, 0.05) is 31.8 Å². The third kappa shape index (κ3) is 7.74. The van der Waals surface area contributed by atoms with Crippen LogP contribution in [-0.2, 0) is 40.6 Å². The maximum absolute atomic E-state index is 6.33. The van der Waals surface area contributed by atoms with E-state index < -0.39 is 5.41 Å². The van der Waals surface area contributed by atoms with Gasteiger partial charge in [0.05, 0.1) is 31.8 Å². The highest BCUT2D eigenvalue weighted by atomic mass is 16.5. The zero-order valence-electron chi connectivity index (χ0n) is 36.9. The van der Waals surface area contributed by atoms with Crippen LogP contribution >= 0.6 is 0 Å². The molecule has 5 aromatic carbocycles. The summed E-state index contributed by atoms with van der Waals surface area (Å²) in [7, 11) is 0. The van der Waals surface area contributed by atoms with Crippen LogP contribution in [-0.4, -0.2) is 52.9 Å². The van der Waals surface area contributed by atoms with Gasteiger partial charge in [-0.3, -0.25) is 0 Å². The number of hydrogen-bond donors (Lipinski definition) is 0. The van der Waals surface area contributed by atoms with Gasteiger partial charge in [-0.25, -0.2) is 0 Å². The summed E-state index contributed by atoms with van der Waals surface area (Å²) < 4.78 is 24.0. The monoisotopic (exact) mass is 778 g/mol. The van der Waals surface area contributed by atoms with Gasteiger partial charge < -0.3 is 18.9 Å². The Morgan fingerprint density at radius 1 is 0.414 bits per heavy atom. The van der Waals surface area contributed by atoms with E-state index in [1.54, 1.807) is 0 Å². The van der Waals surface area contributed by atoms with Gasteiger partial charge >= 0.3 is 0 Å². The Labute approximate surface area is 349 Å². The molecule has 0 spiro atoms. The number of hydrogen-bond acceptors (Lipinski definition) is 4. The van der Waals surface area contributed by atoms with E-state index in [0.717, 1.165) is 12.8 Å². The van der Waals surface area contributed by atoms with Crippen LogP contribution in [0.1, 0.15) is 124 Å². The van der Waals surface area contributed by atoms with E-state index >= 15 is 0 Å². The predicted molar refractivity (Wildman–Crippen MR) is 241 cm³/mol. The van der Waals surface area contributed by atoms with Crippen molar-refractivity contribution >= 4 is 0 Å². The average Bonchev–Trinajstić information content (AvgIpc) is 3.62. The van der Waals surface area contributed by atoms with E-state index in [9.17, 15) is 0 Å². The fourth-order valence-electron chi connectivity index (χ4n) is 9.65. The molecule has 2 aliphatic carbocycles. The molecule has 4 nitrogen and oxygen atoms in total. The van der Waals surface area contributed by atoms with Crippen molar-refractivity contribution in [2.45, 2.75) is 104 Å². The summed E-state index contributed by atoms with van der Waals surface area (Å²) in [4.78, 5) is 0. The van der Waals surface area contributed by atoms with Crippen LogP contribution in [0.2, 0.25) is 0 Å². The third-order valence-electron chi connectivity index (χ3n) is 12.8. The first kappa shape index (κ1) is 42.1. The van der Waals surface area contributed by atoms with Gasteiger partial charge in [-0.15, -0.1) is 0 Å². The van der Waals surface area contributed by atoms with E-state index in [1.807, 2.05) is 13.8 Å². The Hall–Kier alpha value is -4.06. The Morgan fingerprint density at radius 2 is 0.793 bits per heavy atom. The number of ether oxygens (including phenoxy) is 4. The molecule has 0 aliphatic heterocycles. The highest BCUT2D eigenvalue weighted by Crippen LogP contribution is 2.61. The van der Waals surface area contributed by atoms with Crippen molar-refractivity contribution in [3.8, 4) is 22.3 Å². The second-order valence-electron chi connectivity index (χ2n) is 18.6. The third-order valence-corrected chi connectivity index (χ3v) is 12.8. The maximum atomic E-state index is 6.33. The summed E-state index contributed by atoms with van der Waals surface area (Å²) in [5.74, 6) is 0. The van der Waals surface area contributed by atoms with Crippen LogP contribution in [0.25, 0.3) is 22.3 Å². The molecule has 0 radical (unpaired) electrons. The number of benzene rings is 5. The summed E-state index contributed by atoms with van der Waals surface area (Å²) in [5, 5.41) is 0. The Balaban J connectivity index is 1.48. The molecule has 0 fully saturated rings. The lowest BCUT2D eigenvalue weighted by Crippen LogP contribution is -2.31. The lowest BCUT2D eigenvalue weighted by molar-refractivity contribution is 0.0356. The van der Waals surface area contributed by atoms with Crippen molar-refractivity contribution in [1.82, 2.24) is 0 Å². The maximum Gasteiger partial charge on any atom is 0.0713 e. The minimum atomic E-state index is -0.514. The molecule has 5 aromatic rings. The van der Waals surface area contributed by atoms with E-state index in [-0.39, 0.29) is 16.2 Å². The zero-order chi connectivity index (χ0) is 41.3. The lowest BCUT2D eigenvalue weighted by Gasteiger charge is -2.36. The van der Waals surface area contributed by atoms with Gasteiger partial charge in [-0.05, 0) is 130 Å². The van der Waals surface area contributed by atoms with Crippen LogP contribution in [0.3, 0.4) is 0 Å². The summed E-state index contributed by atoms with van der Waals surface area (Å²) in [5.41, 5.74) is 17.8. The van der Waals surface area contributed by atoms with Gasteiger partial charge in [0.15, 0.2) is 0 Å². The van der Waals surface area contributed by atoms with Gasteiger partial charge in [0.25, 0.3) is 0 Å². The summed E-state index contributed by atoms with van der Waals surface area (Å²) >= 11 is 0. The normalized spacial score (nSPS) is 14.9. The van der Waals surface area contributed by atoms with E-state index in [4.69, 9.17) is 18.9 Å². The Kier molecular flexibility index (Phi) is 12.3. The standard InChI is InChI=1S/C54H66O4/c1-11-55-29-31-57-27-25-53(26-28-58-32-30-56-12-2)47-33-37(3)13-23-43(47)45-36-50-46(35-48(45)53)44-24-14-38(4)34-49(44)54(50,41-19-15-39(16-20-41)51(5,6)7)42-21-17-40(18-22-42)52(8,9)10/h13-24,33-36H,11-12,25-32H2,1-10H3. The molecule has 0 atom stereocenters. The van der Waals surface area contributed by atoms with Crippen LogP contribution in [0.5, 0.6) is 0 Å². The van der Waals surface area contributed by atoms with Gasteiger partial charge in [0.2, 0.25) is 0 Å². The molecule has 0 saturated carbocycles. The number of fused-ring (bicyclic) bond motifs is 6. The minimum absolute atomic E-state index is 0.0492. The van der Waals surface area contributed by atoms with E-state index in [1.165, 1.54) is 77.9 Å². The van der Waals surface area contributed by atoms with Gasteiger partial charge in [0.1, 0.15) is 0 Å². The molecule has 2 aliphatic rings. The largest absolute Gasteiger partial charge is 0.379 e. The smallest absolute Gasteiger partial charge is 0.0713 e.